The van der Waals surface area contributed by atoms with E-state index in [1.807, 2.05) is 12.3 Å². The lowest BCUT2D eigenvalue weighted by Crippen LogP contribution is -2.44. The van der Waals surface area contributed by atoms with Crippen LogP contribution in [0.3, 0.4) is 0 Å². The van der Waals surface area contributed by atoms with Crippen molar-refractivity contribution >= 4 is 22.4 Å². The van der Waals surface area contributed by atoms with Crippen LogP contribution >= 0.6 is 0 Å². The largest absolute Gasteiger partial charge is 0.377 e. The molecule has 3 aromatic heterocycles. The molecule has 1 N–H and O–H groups in total. The van der Waals surface area contributed by atoms with Gasteiger partial charge in [0.2, 0.25) is 0 Å². The van der Waals surface area contributed by atoms with Crippen LogP contribution in [0, 0.1) is 0 Å². The lowest BCUT2D eigenvalue weighted by molar-refractivity contribution is 0.0986. The first-order valence-electron chi connectivity index (χ1n) is 9.54. The van der Waals surface area contributed by atoms with Crippen molar-refractivity contribution in [1.82, 2.24) is 20.2 Å². The highest BCUT2D eigenvalue weighted by Gasteiger charge is 2.23. The van der Waals surface area contributed by atoms with E-state index < -0.39 is 0 Å². The maximum atomic E-state index is 5.61. The number of rotatable bonds is 5. The topological polar surface area (TPSA) is 70.2 Å². The maximum absolute atomic E-state index is 5.61. The summed E-state index contributed by atoms with van der Waals surface area (Å²) in [5.74, 6) is 0.977. The smallest absolute Gasteiger partial charge is 0.131 e. The summed E-state index contributed by atoms with van der Waals surface area (Å²) in [7, 11) is 2.14. The normalized spacial score (nSPS) is 17.4. The average molecular weight is 366 g/mol. The van der Waals surface area contributed by atoms with Crippen molar-refractivity contribution in [3.05, 3.63) is 30.6 Å². The van der Waals surface area contributed by atoms with Crippen molar-refractivity contribution in [3.8, 4) is 11.4 Å². The second-order valence-electron chi connectivity index (χ2n) is 7.06. The number of nitrogens with one attached hydrogen (secondary N) is 1. The number of H-pyrrole nitrogens is 1. The molecule has 1 fully saturated rings. The highest BCUT2D eigenvalue weighted by atomic mass is 16.5. The van der Waals surface area contributed by atoms with Crippen LogP contribution in [0.4, 0.5) is 11.5 Å². The third-order valence-corrected chi connectivity index (χ3v) is 5.08. The molecule has 27 heavy (non-hydrogen) atoms. The predicted octanol–water partition coefficient (Wildman–Crippen LogP) is 3.09. The summed E-state index contributed by atoms with van der Waals surface area (Å²) in [6.45, 7) is 7.65. The second kappa shape index (κ2) is 7.52. The fourth-order valence-corrected chi connectivity index (χ4v) is 3.69. The van der Waals surface area contributed by atoms with Crippen LogP contribution in [0.1, 0.15) is 20.3 Å². The molecule has 4 rings (SSSR count). The van der Waals surface area contributed by atoms with Gasteiger partial charge in [-0.15, -0.1) is 0 Å². The first-order valence-corrected chi connectivity index (χ1v) is 9.54. The molecular formula is C20H26N6O. The van der Waals surface area contributed by atoms with E-state index in [-0.39, 0.29) is 0 Å². The Labute approximate surface area is 159 Å². The van der Waals surface area contributed by atoms with Gasteiger partial charge in [-0.2, -0.15) is 5.10 Å². The summed E-state index contributed by atoms with van der Waals surface area (Å²) in [6.07, 6.45) is 4.68. The molecule has 0 bridgehead atoms. The zero-order valence-corrected chi connectivity index (χ0v) is 16.1. The van der Waals surface area contributed by atoms with Gasteiger partial charge in [0.1, 0.15) is 17.0 Å². The first-order chi connectivity index (χ1) is 13.2. The van der Waals surface area contributed by atoms with Crippen LogP contribution in [-0.4, -0.2) is 59.6 Å². The van der Waals surface area contributed by atoms with Crippen LogP contribution in [0.2, 0.25) is 0 Å². The van der Waals surface area contributed by atoms with Crippen molar-refractivity contribution < 1.29 is 4.74 Å². The van der Waals surface area contributed by atoms with Crippen molar-refractivity contribution in [2.45, 2.75) is 26.3 Å². The van der Waals surface area contributed by atoms with E-state index in [4.69, 9.17) is 9.72 Å². The fourth-order valence-electron chi connectivity index (χ4n) is 3.69. The third kappa shape index (κ3) is 3.35. The molecule has 1 unspecified atom stereocenters. The molecule has 4 heterocycles. The van der Waals surface area contributed by atoms with E-state index in [1.165, 1.54) is 5.69 Å². The average Bonchev–Trinajstić information content (AvgIpc) is 3.22. The Bertz CT molecular complexity index is 910. The van der Waals surface area contributed by atoms with Gasteiger partial charge in [-0.05, 0) is 25.5 Å². The number of aromatic nitrogens is 4. The van der Waals surface area contributed by atoms with Crippen LogP contribution in [0.5, 0.6) is 0 Å². The van der Waals surface area contributed by atoms with Gasteiger partial charge in [0, 0.05) is 49.7 Å². The summed E-state index contributed by atoms with van der Waals surface area (Å²) in [5, 5.41) is 8.22. The summed E-state index contributed by atoms with van der Waals surface area (Å²) >= 11 is 0. The summed E-state index contributed by atoms with van der Waals surface area (Å²) < 4.78 is 5.61. The Hall–Kier alpha value is -2.67. The van der Waals surface area contributed by atoms with E-state index in [9.17, 15) is 0 Å². The monoisotopic (exact) mass is 366 g/mol. The van der Waals surface area contributed by atoms with E-state index in [1.54, 1.807) is 6.20 Å². The van der Waals surface area contributed by atoms with Crippen LogP contribution in [0.25, 0.3) is 22.3 Å². The van der Waals surface area contributed by atoms with Crippen molar-refractivity contribution in [3.63, 3.8) is 0 Å². The van der Waals surface area contributed by atoms with Gasteiger partial charge in [0.15, 0.2) is 0 Å². The standard InChI is InChI=1S/C20H26N6O/c1-4-9-25(3)17-12-18(26-10-11-27-13-14(26)2)23-19-15(17)5-7-21-20(19)16-6-8-22-24-16/h5-8,12,14H,4,9-11,13H2,1-3H3,(H,22,24). The number of aromatic amines is 1. The van der Waals surface area contributed by atoms with Gasteiger partial charge in [-0.1, -0.05) is 6.92 Å². The number of hydrogen-bond donors (Lipinski definition) is 1. The molecule has 0 amide bonds. The Morgan fingerprint density at radius 3 is 2.96 bits per heavy atom. The highest BCUT2D eigenvalue weighted by Crippen LogP contribution is 2.34. The number of ether oxygens (including phenoxy) is 1. The quantitative estimate of drug-likeness (QED) is 0.748. The molecule has 0 radical (unpaired) electrons. The minimum Gasteiger partial charge on any atom is -0.377 e. The van der Waals surface area contributed by atoms with Gasteiger partial charge in [-0.25, -0.2) is 4.98 Å². The molecule has 7 nitrogen and oxygen atoms in total. The van der Waals surface area contributed by atoms with Crippen molar-refractivity contribution in [1.29, 1.82) is 0 Å². The number of pyridine rings is 2. The molecule has 0 spiro atoms. The summed E-state index contributed by atoms with van der Waals surface area (Å²) in [5.41, 5.74) is 3.79. The number of morpholine rings is 1. The molecular weight excluding hydrogens is 340 g/mol. The van der Waals surface area contributed by atoms with Gasteiger partial charge >= 0.3 is 0 Å². The highest BCUT2D eigenvalue weighted by molar-refractivity contribution is 6.00. The minimum absolute atomic E-state index is 0.292. The molecule has 1 atom stereocenters. The fraction of sp³-hybridized carbons (Fsp3) is 0.450. The maximum Gasteiger partial charge on any atom is 0.131 e. The molecule has 142 valence electrons. The van der Waals surface area contributed by atoms with Gasteiger partial charge in [-0.3, -0.25) is 10.1 Å². The van der Waals surface area contributed by atoms with Gasteiger partial charge in [0.25, 0.3) is 0 Å². The third-order valence-electron chi connectivity index (χ3n) is 5.08. The number of hydrogen-bond acceptors (Lipinski definition) is 6. The lowest BCUT2D eigenvalue weighted by Gasteiger charge is -2.35. The van der Waals surface area contributed by atoms with E-state index >= 15 is 0 Å². The zero-order valence-electron chi connectivity index (χ0n) is 16.1. The Morgan fingerprint density at radius 1 is 1.33 bits per heavy atom. The van der Waals surface area contributed by atoms with Crippen molar-refractivity contribution in [2.75, 3.05) is 43.2 Å². The minimum atomic E-state index is 0.292. The lowest BCUT2D eigenvalue weighted by atomic mass is 10.1. The Balaban J connectivity index is 1.92. The molecule has 1 saturated heterocycles. The number of nitrogens with zero attached hydrogens (tertiary/aromatic N) is 5. The summed E-state index contributed by atoms with van der Waals surface area (Å²) in [4.78, 5) is 14.3. The molecule has 1 aliphatic rings. The number of fused-ring (bicyclic) bond motifs is 1. The van der Waals surface area contributed by atoms with E-state index in [0.29, 0.717) is 6.04 Å². The second-order valence-corrected chi connectivity index (χ2v) is 7.06. The molecule has 0 aliphatic carbocycles. The number of anilines is 2. The van der Waals surface area contributed by atoms with Crippen LogP contribution < -0.4 is 9.80 Å². The zero-order chi connectivity index (χ0) is 18.8. The predicted molar refractivity (Wildman–Crippen MR) is 108 cm³/mol. The van der Waals surface area contributed by atoms with Crippen LogP contribution in [-0.2, 0) is 4.74 Å². The van der Waals surface area contributed by atoms with Crippen LogP contribution in [0.15, 0.2) is 30.6 Å². The van der Waals surface area contributed by atoms with Gasteiger partial charge < -0.3 is 14.5 Å². The first kappa shape index (κ1) is 17.7. The summed E-state index contributed by atoms with van der Waals surface area (Å²) in [6, 6.07) is 6.48. The van der Waals surface area contributed by atoms with Crippen molar-refractivity contribution in [2.24, 2.45) is 0 Å². The van der Waals surface area contributed by atoms with E-state index in [0.717, 1.165) is 60.8 Å². The Kier molecular flexibility index (Phi) is 4.94. The molecule has 0 aromatic carbocycles. The molecule has 7 heteroatoms. The van der Waals surface area contributed by atoms with E-state index in [2.05, 4.69) is 58.0 Å². The SMILES string of the molecule is CCCN(C)c1cc(N2CCOCC2C)nc2c(-c3ccn[nH]3)nccc12. The molecule has 1 aliphatic heterocycles. The molecule has 3 aromatic rings. The van der Waals surface area contributed by atoms with Gasteiger partial charge in [0.05, 0.1) is 24.9 Å². The molecule has 0 saturated carbocycles. The Morgan fingerprint density at radius 2 is 2.22 bits per heavy atom.